The molecule has 1 aromatic rings. The standard InChI is InChI=1S/C12H15ClFNO2/c1-12(2)16-6-9(7-17-12)15-8-3-4-10(13)11(14)5-8/h3-5,9,15H,6-7H2,1-2H3. The SMILES string of the molecule is CC1(C)OCC(Nc2ccc(Cl)c(F)c2)CO1. The molecular weight excluding hydrogens is 245 g/mol. The molecule has 0 atom stereocenters. The van der Waals surface area contributed by atoms with Gasteiger partial charge in [0.15, 0.2) is 5.79 Å². The Labute approximate surface area is 105 Å². The molecule has 5 heteroatoms. The Balaban J connectivity index is 1.95. The summed E-state index contributed by atoms with van der Waals surface area (Å²) >= 11 is 5.61. The number of nitrogens with one attached hydrogen (secondary N) is 1. The van der Waals surface area contributed by atoms with Crippen LogP contribution in [-0.4, -0.2) is 25.0 Å². The largest absolute Gasteiger partial charge is 0.378 e. The molecule has 0 radical (unpaired) electrons. The number of rotatable bonds is 2. The Morgan fingerprint density at radius 3 is 2.59 bits per heavy atom. The van der Waals surface area contributed by atoms with Crippen molar-refractivity contribution in [3.63, 3.8) is 0 Å². The lowest BCUT2D eigenvalue weighted by Crippen LogP contribution is -2.45. The van der Waals surface area contributed by atoms with Crippen molar-refractivity contribution < 1.29 is 13.9 Å². The number of hydrogen-bond acceptors (Lipinski definition) is 3. The normalized spacial score (nSPS) is 20.2. The van der Waals surface area contributed by atoms with E-state index in [1.165, 1.54) is 12.1 Å². The van der Waals surface area contributed by atoms with Gasteiger partial charge in [-0.25, -0.2) is 4.39 Å². The van der Waals surface area contributed by atoms with Gasteiger partial charge in [0.25, 0.3) is 0 Å². The second kappa shape index (κ2) is 4.80. The van der Waals surface area contributed by atoms with Gasteiger partial charge in [-0.3, -0.25) is 0 Å². The highest BCUT2D eigenvalue weighted by Gasteiger charge is 2.28. The van der Waals surface area contributed by atoms with Gasteiger partial charge in [0.05, 0.1) is 24.3 Å². The monoisotopic (exact) mass is 259 g/mol. The van der Waals surface area contributed by atoms with Crippen LogP contribution in [0.2, 0.25) is 5.02 Å². The minimum absolute atomic E-state index is 0.0172. The molecule has 3 nitrogen and oxygen atoms in total. The maximum Gasteiger partial charge on any atom is 0.162 e. The molecule has 94 valence electrons. The third kappa shape index (κ3) is 3.31. The van der Waals surface area contributed by atoms with E-state index in [1.807, 2.05) is 13.8 Å². The molecule has 1 aliphatic rings. The lowest BCUT2D eigenvalue weighted by Gasteiger charge is -2.35. The number of halogens is 2. The van der Waals surface area contributed by atoms with Crippen LogP contribution in [0.1, 0.15) is 13.8 Å². The van der Waals surface area contributed by atoms with Crippen molar-refractivity contribution in [2.45, 2.75) is 25.7 Å². The molecule has 0 aliphatic carbocycles. The summed E-state index contributed by atoms with van der Waals surface area (Å²) in [5, 5.41) is 3.26. The van der Waals surface area contributed by atoms with Crippen LogP contribution in [0.3, 0.4) is 0 Å². The summed E-state index contributed by atoms with van der Waals surface area (Å²) in [5.74, 6) is -0.974. The van der Waals surface area contributed by atoms with E-state index < -0.39 is 11.6 Å². The zero-order valence-corrected chi connectivity index (χ0v) is 10.6. The average Bonchev–Trinajstić information content (AvgIpc) is 2.27. The minimum atomic E-state index is -0.538. The van der Waals surface area contributed by atoms with E-state index in [2.05, 4.69) is 5.32 Å². The maximum absolute atomic E-state index is 13.2. The summed E-state index contributed by atoms with van der Waals surface area (Å²) < 4.78 is 24.2. The lowest BCUT2D eigenvalue weighted by molar-refractivity contribution is -0.247. The van der Waals surface area contributed by atoms with Gasteiger partial charge < -0.3 is 14.8 Å². The molecule has 1 saturated heterocycles. The maximum atomic E-state index is 13.2. The molecule has 1 aliphatic heterocycles. The van der Waals surface area contributed by atoms with E-state index in [-0.39, 0.29) is 11.1 Å². The van der Waals surface area contributed by atoms with Gasteiger partial charge in [-0.1, -0.05) is 11.6 Å². The molecule has 17 heavy (non-hydrogen) atoms. The number of ether oxygens (including phenoxy) is 2. The van der Waals surface area contributed by atoms with Gasteiger partial charge in [-0.2, -0.15) is 0 Å². The topological polar surface area (TPSA) is 30.5 Å². The van der Waals surface area contributed by atoms with Gasteiger partial charge in [0, 0.05) is 5.69 Å². The summed E-state index contributed by atoms with van der Waals surface area (Å²) in [6.07, 6.45) is 0. The van der Waals surface area contributed by atoms with Crippen molar-refractivity contribution in [3.05, 3.63) is 29.0 Å². The van der Waals surface area contributed by atoms with Crippen LogP contribution < -0.4 is 5.32 Å². The highest BCUT2D eigenvalue weighted by molar-refractivity contribution is 6.30. The van der Waals surface area contributed by atoms with Gasteiger partial charge in [0.1, 0.15) is 5.82 Å². The highest BCUT2D eigenvalue weighted by Crippen LogP contribution is 2.22. The molecule has 0 amide bonds. The van der Waals surface area contributed by atoms with E-state index in [1.54, 1.807) is 6.07 Å². The van der Waals surface area contributed by atoms with Crippen molar-refractivity contribution in [2.75, 3.05) is 18.5 Å². The third-order valence-corrected chi connectivity index (χ3v) is 2.86. The number of anilines is 1. The minimum Gasteiger partial charge on any atom is -0.378 e. The fourth-order valence-electron chi connectivity index (χ4n) is 1.60. The zero-order valence-electron chi connectivity index (χ0n) is 9.80. The molecule has 2 rings (SSSR count). The summed E-state index contributed by atoms with van der Waals surface area (Å²) in [6.45, 7) is 4.78. The lowest BCUT2D eigenvalue weighted by atomic mass is 10.2. The predicted molar refractivity (Wildman–Crippen MR) is 64.8 cm³/mol. The summed E-state index contributed by atoms with van der Waals surface area (Å²) in [7, 11) is 0. The number of benzene rings is 1. The predicted octanol–water partition coefficient (Wildman–Crippen LogP) is 3.04. The van der Waals surface area contributed by atoms with Gasteiger partial charge >= 0.3 is 0 Å². The third-order valence-electron chi connectivity index (χ3n) is 2.55. The van der Waals surface area contributed by atoms with Gasteiger partial charge in [-0.15, -0.1) is 0 Å². The molecule has 1 N–H and O–H groups in total. The Morgan fingerprint density at radius 1 is 1.35 bits per heavy atom. The van der Waals surface area contributed by atoms with E-state index in [0.29, 0.717) is 18.9 Å². The van der Waals surface area contributed by atoms with Crippen molar-refractivity contribution in [1.82, 2.24) is 0 Å². The molecular formula is C12H15ClFNO2. The van der Waals surface area contributed by atoms with E-state index in [0.717, 1.165) is 0 Å². The van der Waals surface area contributed by atoms with Crippen molar-refractivity contribution >= 4 is 17.3 Å². The summed E-state index contributed by atoms with van der Waals surface area (Å²) in [4.78, 5) is 0. The fourth-order valence-corrected chi connectivity index (χ4v) is 1.71. The smallest absolute Gasteiger partial charge is 0.162 e. The first kappa shape index (κ1) is 12.6. The molecule has 0 spiro atoms. The van der Waals surface area contributed by atoms with E-state index >= 15 is 0 Å². The second-order valence-corrected chi connectivity index (χ2v) is 4.90. The van der Waals surface area contributed by atoms with Crippen LogP contribution in [0.4, 0.5) is 10.1 Å². The van der Waals surface area contributed by atoms with E-state index in [9.17, 15) is 4.39 Å². The molecule has 1 fully saturated rings. The highest BCUT2D eigenvalue weighted by atomic mass is 35.5. The Kier molecular flexibility index (Phi) is 3.56. The van der Waals surface area contributed by atoms with Crippen LogP contribution in [0.15, 0.2) is 18.2 Å². The summed E-state index contributed by atoms with van der Waals surface area (Å²) in [6, 6.07) is 4.63. The van der Waals surface area contributed by atoms with Gasteiger partial charge in [0.2, 0.25) is 0 Å². The Morgan fingerprint density at radius 2 is 2.00 bits per heavy atom. The van der Waals surface area contributed by atoms with Crippen molar-refractivity contribution in [3.8, 4) is 0 Å². The van der Waals surface area contributed by atoms with Crippen molar-refractivity contribution in [1.29, 1.82) is 0 Å². The van der Waals surface area contributed by atoms with Crippen LogP contribution in [0.5, 0.6) is 0 Å². The molecule has 0 saturated carbocycles. The first-order chi connectivity index (χ1) is 7.96. The quantitative estimate of drug-likeness (QED) is 0.886. The number of hydrogen-bond donors (Lipinski definition) is 1. The second-order valence-electron chi connectivity index (χ2n) is 4.49. The van der Waals surface area contributed by atoms with Crippen LogP contribution in [0.25, 0.3) is 0 Å². The molecule has 0 unspecified atom stereocenters. The summed E-state index contributed by atoms with van der Waals surface area (Å²) in [5.41, 5.74) is 0.670. The van der Waals surface area contributed by atoms with Crippen molar-refractivity contribution in [2.24, 2.45) is 0 Å². The van der Waals surface area contributed by atoms with Crippen LogP contribution in [0, 0.1) is 5.82 Å². The van der Waals surface area contributed by atoms with E-state index in [4.69, 9.17) is 21.1 Å². The first-order valence-electron chi connectivity index (χ1n) is 5.46. The molecule has 1 heterocycles. The Hall–Kier alpha value is -0.840. The van der Waals surface area contributed by atoms with Gasteiger partial charge in [-0.05, 0) is 32.0 Å². The molecule has 0 bridgehead atoms. The molecule has 0 aromatic heterocycles. The van der Waals surface area contributed by atoms with Crippen LogP contribution in [-0.2, 0) is 9.47 Å². The fraction of sp³-hybridized carbons (Fsp3) is 0.500. The molecule has 1 aromatic carbocycles. The Bertz CT molecular complexity index is 401. The first-order valence-corrected chi connectivity index (χ1v) is 5.83. The average molecular weight is 260 g/mol. The van der Waals surface area contributed by atoms with Crippen LogP contribution >= 0.6 is 11.6 Å². The zero-order chi connectivity index (χ0) is 12.5.